The lowest BCUT2D eigenvalue weighted by Gasteiger charge is -1.92. The molecule has 0 aliphatic rings. The van der Waals surface area contributed by atoms with Crippen molar-refractivity contribution in [3.05, 3.63) is 30.7 Å². The van der Waals surface area contributed by atoms with Crippen LogP contribution in [-0.2, 0) is 0 Å². The molecule has 0 saturated heterocycles. The van der Waals surface area contributed by atoms with E-state index in [-0.39, 0.29) is 0 Å². The molecule has 0 saturated carbocycles. The molecule has 2 aromatic heterocycles. The number of rotatable bonds is 1. The van der Waals surface area contributed by atoms with Gasteiger partial charge in [0, 0.05) is 6.20 Å². The Morgan fingerprint density at radius 3 is 2.91 bits per heavy atom. The summed E-state index contributed by atoms with van der Waals surface area (Å²) in [6.07, 6.45) is 3.05. The molecule has 5 nitrogen and oxygen atoms in total. The Morgan fingerprint density at radius 1 is 1.27 bits per heavy atom. The summed E-state index contributed by atoms with van der Waals surface area (Å²) >= 11 is 0. The second-order valence-electron chi connectivity index (χ2n) is 1.91. The predicted octanol–water partition coefficient (Wildman–Crippen LogP) is 0.0573. The molecule has 0 fully saturated rings. The standard InChI is InChI=1S/C6H5N5/c1-2-4-7-6(3-1)11-9-5-8-10-11/h1-5H. The molecule has 11 heavy (non-hydrogen) atoms. The largest absolute Gasteiger partial charge is 0.236 e. The zero-order valence-electron chi connectivity index (χ0n) is 5.62. The van der Waals surface area contributed by atoms with Gasteiger partial charge in [-0.15, -0.1) is 15.0 Å². The van der Waals surface area contributed by atoms with Crippen molar-refractivity contribution in [1.82, 2.24) is 25.2 Å². The van der Waals surface area contributed by atoms with E-state index in [9.17, 15) is 0 Å². The van der Waals surface area contributed by atoms with Gasteiger partial charge in [0.1, 0.15) is 0 Å². The normalized spacial score (nSPS) is 9.82. The molecule has 54 valence electrons. The maximum Gasteiger partial charge on any atom is 0.176 e. The third-order valence-electron chi connectivity index (χ3n) is 1.20. The highest BCUT2D eigenvalue weighted by molar-refractivity contribution is 5.16. The first-order chi connectivity index (χ1) is 5.47. The molecule has 0 bridgehead atoms. The van der Waals surface area contributed by atoms with Gasteiger partial charge in [-0.05, 0) is 17.3 Å². The summed E-state index contributed by atoms with van der Waals surface area (Å²) in [5, 5.41) is 11.1. The van der Waals surface area contributed by atoms with Crippen LogP contribution in [0.4, 0.5) is 0 Å². The maximum atomic E-state index is 4.02. The van der Waals surface area contributed by atoms with Crippen LogP contribution in [-0.4, -0.2) is 25.2 Å². The van der Waals surface area contributed by atoms with Gasteiger partial charge in [0.2, 0.25) is 0 Å². The number of hydrogen-bond donors (Lipinski definition) is 0. The molecule has 0 aliphatic heterocycles. The van der Waals surface area contributed by atoms with E-state index in [4.69, 9.17) is 0 Å². The van der Waals surface area contributed by atoms with E-state index < -0.39 is 0 Å². The molecule has 0 radical (unpaired) electrons. The highest BCUT2D eigenvalue weighted by Crippen LogP contribution is 1.95. The molecule has 0 spiro atoms. The molecule has 0 atom stereocenters. The second kappa shape index (κ2) is 2.45. The zero-order valence-corrected chi connectivity index (χ0v) is 5.62. The molecule has 0 amide bonds. The molecule has 0 aliphatic carbocycles. The van der Waals surface area contributed by atoms with E-state index in [0.717, 1.165) is 0 Å². The number of tetrazole rings is 1. The number of hydrogen-bond acceptors (Lipinski definition) is 4. The minimum atomic E-state index is 0.671. The fourth-order valence-electron chi connectivity index (χ4n) is 0.744. The van der Waals surface area contributed by atoms with Crippen molar-refractivity contribution in [2.75, 3.05) is 0 Å². The van der Waals surface area contributed by atoms with Crippen molar-refractivity contribution in [3.8, 4) is 5.82 Å². The molecular formula is C6H5N5. The third kappa shape index (κ3) is 1.07. The second-order valence-corrected chi connectivity index (χ2v) is 1.91. The van der Waals surface area contributed by atoms with Crippen LogP contribution in [0.3, 0.4) is 0 Å². The Bertz CT molecular complexity index is 314. The van der Waals surface area contributed by atoms with Gasteiger partial charge in [-0.25, -0.2) is 4.98 Å². The maximum absolute atomic E-state index is 4.02. The molecular weight excluding hydrogens is 142 g/mol. The zero-order chi connectivity index (χ0) is 7.52. The van der Waals surface area contributed by atoms with Gasteiger partial charge in [0.05, 0.1) is 0 Å². The molecule has 0 unspecified atom stereocenters. The fraction of sp³-hybridized carbons (Fsp3) is 0. The SMILES string of the molecule is c1ccc(-n2ncnn2)nc1. The van der Waals surface area contributed by atoms with Gasteiger partial charge >= 0.3 is 0 Å². The summed E-state index contributed by atoms with van der Waals surface area (Å²) in [6, 6.07) is 5.51. The Balaban J connectivity index is 2.46. The molecule has 2 aromatic rings. The number of pyridine rings is 1. The van der Waals surface area contributed by atoms with Crippen LogP contribution < -0.4 is 0 Å². The first-order valence-electron chi connectivity index (χ1n) is 3.11. The van der Waals surface area contributed by atoms with Gasteiger partial charge < -0.3 is 0 Å². The smallest absolute Gasteiger partial charge is 0.176 e. The summed E-state index contributed by atoms with van der Waals surface area (Å²) in [7, 11) is 0. The van der Waals surface area contributed by atoms with Gasteiger partial charge in [-0.3, -0.25) is 0 Å². The van der Waals surface area contributed by atoms with Crippen LogP contribution in [0, 0.1) is 0 Å². The third-order valence-corrected chi connectivity index (χ3v) is 1.20. The topological polar surface area (TPSA) is 56.5 Å². The minimum absolute atomic E-state index is 0.671. The van der Waals surface area contributed by atoms with E-state index in [0.29, 0.717) is 5.82 Å². The average Bonchev–Trinajstić information content (AvgIpc) is 2.58. The Labute approximate surface area is 62.7 Å². The highest BCUT2D eigenvalue weighted by atomic mass is 15.6. The van der Waals surface area contributed by atoms with Crippen molar-refractivity contribution in [1.29, 1.82) is 0 Å². The predicted molar refractivity (Wildman–Crippen MR) is 36.9 cm³/mol. The van der Waals surface area contributed by atoms with Crippen molar-refractivity contribution < 1.29 is 0 Å². The molecule has 2 heterocycles. The molecule has 5 heteroatoms. The van der Waals surface area contributed by atoms with Gasteiger partial charge in [-0.2, -0.15) is 0 Å². The van der Waals surface area contributed by atoms with E-state index in [2.05, 4.69) is 20.4 Å². The van der Waals surface area contributed by atoms with Crippen molar-refractivity contribution in [3.63, 3.8) is 0 Å². The molecule has 0 N–H and O–H groups in total. The number of aromatic nitrogens is 5. The monoisotopic (exact) mass is 147 g/mol. The Hall–Kier alpha value is -1.78. The van der Waals surface area contributed by atoms with Crippen LogP contribution >= 0.6 is 0 Å². The van der Waals surface area contributed by atoms with E-state index in [1.165, 1.54) is 11.1 Å². The Morgan fingerprint density at radius 2 is 2.27 bits per heavy atom. The van der Waals surface area contributed by atoms with E-state index >= 15 is 0 Å². The quantitative estimate of drug-likeness (QED) is 0.572. The summed E-state index contributed by atoms with van der Waals surface area (Å²) in [6.45, 7) is 0. The molecule has 0 aromatic carbocycles. The van der Waals surface area contributed by atoms with Gasteiger partial charge in [0.15, 0.2) is 12.1 Å². The van der Waals surface area contributed by atoms with Gasteiger partial charge in [-0.1, -0.05) is 6.07 Å². The van der Waals surface area contributed by atoms with E-state index in [1.807, 2.05) is 18.2 Å². The summed E-state index contributed by atoms with van der Waals surface area (Å²) < 4.78 is 0. The first-order valence-corrected chi connectivity index (χ1v) is 3.11. The van der Waals surface area contributed by atoms with Crippen molar-refractivity contribution in [2.24, 2.45) is 0 Å². The highest BCUT2D eigenvalue weighted by Gasteiger charge is 1.95. The summed E-state index contributed by atoms with van der Waals surface area (Å²) in [5.41, 5.74) is 0. The van der Waals surface area contributed by atoms with E-state index in [1.54, 1.807) is 6.20 Å². The van der Waals surface area contributed by atoms with Crippen molar-refractivity contribution >= 4 is 0 Å². The summed E-state index contributed by atoms with van der Waals surface area (Å²) in [4.78, 5) is 5.38. The fourth-order valence-corrected chi connectivity index (χ4v) is 0.744. The van der Waals surface area contributed by atoms with Crippen LogP contribution in [0.15, 0.2) is 30.7 Å². The lowest BCUT2D eigenvalue weighted by Crippen LogP contribution is -2.00. The van der Waals surface area contributed by atoms with Crippen LogP contribution in [0.1, 0.15) is 0 Å². The van der Waals surface area contributed by atoms with Crippen LogP contribution in [0.25, 0.3) is 5.82 Å². The lowest BCUT2D eigenvalue weighted by molar-refractivity contribution is 0.700. The minimum Gasteiger partial charge on any atom is -0.236 e. The molecule has 2 rings (SSSR count). The Kier molecular flexibility index (Phi) is 1.33. The first kappa shape index (κ1) is 5.96. The lowest BCUT2D eigenvalue weighted by atomic mass is 10.5. The van der Waals surface area contributed by atoms with Gasteiger partial charge in [0.25, 0.3) is 0 Å². The number of nitrogens with zero attached hydrogens (tertiary/aromatic N) is 5. The summed E-state index contributed by atoms with van der Waals surface area (Å²) in [5.74, 6) is 0.671. The average molecular weight is 147 g/mol. The van der Waals surface area contributed by atoms with Crippen molar-refractivity contribution in [2.45, 2.75) is 0 Å². The van der Waals surface area contributed by atoms with Crippen LogP contribution in [0.5, 0.6) is 0 Å². The van der Waals surface area contributed by atoms with Crippen LogP contribution in [0.2, 0.25) is 0 Å².